The SMILES string of the molecule is CC(=O)Nc1ccc(-c2cc3cc(NC(=O)[C@@H]4CCCN4C(=O)[C@@H](c4ccccc4)N(C)C(=O)O)ccc3[nH]2)cc1. The highest BCUT2D eigenvalue weighted by Gasteiger charge is 2.40. The van der Waals surface area contributed by atoms with Crippen molar-refractivity contribution in [1.82, 2.24) is 14.8 Å². The molecule has 4 N–H and O–H groups in total. The number of carbonyl (C=O) groups is 4. The van der Waals surface area contributed by atoms with E-state index in [0.717, 1.165) is 27.1 Å². The number of amides is 4. The third kappa shape index (κ3) is 5.91. The van der Waals surface area contributed by atoms with Crippen LogP contribution in [0.1, 0.15) is 31.4 Å². The molecule has 0 bridgehead atoms. The van der Waals surface area contributed by atoms with Gasteiger partial charge in [-0.15, -0.1) is 0 Å². The number of aromatic nitrogens is 1. The van der Waals surface area contributed by atoms with Gasteiger partial charge in [-0.2, -0.15) is 0 Å². The smallest absolute Gasteiger partial charge is 0.407 e. The number of fused-ring (bicyclic) bond motifs is 1. The van der Waals surface area contributed by atoms with Crippen LogP contribution in [-0.4, -0.2) is 63.3 Å². The summed E-state index contributed by atoms with van der Waals surface area (Å²) in [7, 11) is 1.36. The maximum Gasteiger partial charge on any atom is 0.407 e. The Morgan fingerprint density at radius 2 is 1.66 bits per heavy atom. The van der Waals surface area contributed by atoms with E-state index in [4.69, 9.17) is 0 Å². The number of anilines is 2. The molecule has 1 aromatic heterocycles. The van der Waals surface area contributed by atoms with E-state index in [1.54, 1.807) is 36.4 Å². The lowest BCUT2D eigenvalue weighted by Gasteiger charge is -2.32. The Hall–Kier alpha value is -5.12. The van der Waals surface area contributed by atoms with Gasteiger partial charge in [0.15, 0.2) is 0 Å². The minimum atomic E-state index is -1.23. The summed E-state index contributed by atoms with van der Waals surface area (Å²) in [5.41, 5.74) is 4.58. The molecule has 4 aromatic rings. The first-order chi connectivity index (χ1) is 19.7. The van der Waals surface area contributed by atoms with Crippen LogP contribution in [0.3, 0.4) is 0 Å². The summed E-state index contributed by atoms with van der Waals surface area (Å²) in [6.07, 6.45) is -0.0977. The number of H-pyrrole nitrogens is 1. The minimum absolute atomic E-state index is 0.133. The molecule has 41 heavy (non-hydrogen) atoms. The monoisotopic (exact) mass is 553 g/mol. The van der Waals surface area contributed by atoms with Crippen molar-refractivity contribution in [3.05, 3.63) is 84.4 Å². The Morgan fingerprint density at radius 1 is 0.951 bits per heavy atom. The van der Waals surface area contributed by atoms with Crippen LogP contribution >= 0.6 is 0 Å². The van der Waals surface area contributed by atoms with Gasteiger partial charge >= 0.3 is 6.09 Å². The van der Waals surface area contributed by atoms with Gasteiger partial charge in [-0.3, -0.25) is 19.3 Å². The van der Waals surface area contributed by atoms with Gasteiger partial charge in [-0.1, -0.05) is 42.5 Å². The zero-order valence-corrected chi connectivity index (χ0v) is 22.8. The van der Waals surface area contributed by atoms with E-state index >= 15 is 0 Å². The highest BCUT2D eigenvalue weighted by Crippen LogP contribution is 2.30. The molecule has 10 nitrogen and oxygen atoms in total. The third-order valence-corrected chi connectivity index (χ3v) is 7.28. The van der Waals surface area contributed by atoms with Crippen LogP contribution in [0, 0.1) is 0 Å². The first kappa shape index (κ1) is 27.4. The predicted molar refractivity (Wildman–Crippen MR) is 156 cm³/mol. The molecule has 4 amide bonds. The van der Waals surface area contributed by atoms with E-state index in [0.29, 0.717) is 36.3 Å². The standard InChI is InChI=1S/C31H31N5O5/c1-19(37)32-23-12-10-20(11-13-23)26-18-22-17-24(14-15-25(22)34-26)33-29(38)27-9-6-16-36(27)30(39)28(35(2)31(40)41)21-7-4-3-5-8-21/h3-5,7-8,10-15,17-18,27-28,34H,6,9,16H2,1-2H3,(H,32,37)(H,33,38)(H,40,41)/t27-,28+/m0/s1. The summed E-state index contributed by atoms with van der Waals surface area (Å²) in [5, 5.41) is 16.2. The van der Waals surface area contributed by atoms with Crippen LogP contribution in [0.4, 0.5) is 16.2 Å². The molecule has 2 atom stereocenters. The Balaban J connectivity index is 1.32. The van der Waals surface area contributed by atoms with Crippen molar-refractivity contribution in [2.75, 3.05) is 24.2 Å². The molecule has 0 saturated carbocycles. The summed E-state index contributed by atoms with van der Waals surface area (Å²) in [6, 6.07) is 22.0. The molecule has 210 valence electrons. The highest BCUT2D eigenvalue weighted by atomic mass is 16.4. The van der Waals surface area contributed by atoms with Crippen molar-refractivity contribution in [3.63, 3.8) is 0 Å². The molecule has 0 unspecified atom stereocenters. The van der Waals surface area contributed by atoms with Crippen LogP contribution in [0.5, 0.6) is 0 Å². The van der Waals surface area contributed by atoms with Gasteiger partial charge in [0.25, 0.3) is 5.91 Å². The fraction of sp³-hybridized carbons (Fsp3) is 0.226. The summed E-state index contributed by atoms with van der Waals surface area (Å²) in [4.78, 5) is 56.0. The number of aromatic amines is 1. The maximum absolute atomic E-state index is 13.7. The van der Waals surface area contributed by atoms with Crippen LogP contribution in [0.2, 0.25) is 0 Å². The molecule has 1 aliphatic heterocycles. The lowest BCUT2D eigenvalue weighted by atomic mass is 10.0. The summed E-state index contributed by atoms with van der Waals surface area (Å²) >= 11 is 0. The molecule has 0 spiro atoms. The largest absolute Gasteiger partial charge is 0.465 e. The highest BCUT2D eigenvalue weighted by molar-refractivity contribution is 6.00. The molecule has 2 heterocycles. The van der Waals surface area contributed by atoms with Crippen molar-refractivity contribution in [2.24, 2.45) is 0 Å². The summed E-state index contributed by atoms with van der Waals surface area (Å²) in [6.45, 7) is 1.83. The topological polar surface area (TPSA) is 135 Å². The van der Waals surface area contributed by atoms with Gasteiger partial charge in [0.05, 0.1) is 0 Å². The second kappa shape index (κ2) is 11.5. The van der Waals surface area contributed by atoms with E-state index in [1.807, 2.05) is 42.5 Å². The number of carbonyl (C=O) groups excluding carboxylic acids is 3. The van der Waals surface area contributed by atoms with Crippen molar-refractivity contribution in [3.8, 4) is 11.3 Å². The Labute approximate surface area is 237 Å². The zero-order valence-electron chi connectivity index (χ0n) is 22.8. The molecule has 1 fully saturated rings. The molecule has 0 radical (unpaired) electrons. The fourth-order valence-electron chi connectivity index (χ4n) is 5.27. The number of carboxylic acid groups (broad SMARTS) is 1. The number of hydrogen-bond acceptors (Lipinski definition) is 4. The van der Waals surface area contributed by atoms with E-state index in [9.17, 15) is 24.3 Å². The van der Waals surface area contributed by atoms with Gasteiger partial charge in [-0.05, 0) is 60.4 Å². The van der Waals surface area contributed by atoms with Crippen LogP contribution in [0.15, 0.2) is 78.9 Å². The Morgan fingerprint density at radius 3 is 2.34 bits per heavy atom. The predicted octanol–water partition coefficient (Wildman–Crippen LogP) is 5.07. The average molecular weight is 554 g/mol. The van der Waals surface area contributed by atoms with Gasteiger partial charge in [0.2, 0.25) is 11.8 Å². The number of nitrogens with zero attached hydrogens (tertiary/aromatic N) is 2. The number of nitrogens with one attached hydrogen (secondary N) is 3. The number of rotatable bonds is 7. The molecule has 0 aliphatic carbocycles. The first-order valence-electron chi connectivity index (χ1n) is 13.3. The fourth-order valence-corrected chi connectivity index (χ4v) is 5.27. The van der Waals surface area contributed by atoms with Crippen LogP contribution in [0.25, 0.3) is 22.2 Å². The molecule has 5 rings (SSSR count). The molecule has 1 saturated heterocycles. The summed E-state index contributed by atoms with van der Waals surface area (Å²) < 4.78 is 0. The van der Waals surface area contributed by atoms with E-state index in [1.165, 1.54) is 18.9 Å². The lowest BCUT2D eigenvalue weighted by molar-refractivity contribution is -0.140. The number of likely N-dealkylation sites (N-methyl/N-ethyl adjacent to an activating group) is 1. The molecule has 1 aliphatic rings. The van der Waals surface area contributed by atoms with E-state index in [-0.39, 0.29) is 11.8 Å². The second-order valence-electron chi connectivity index (χ2n) is 10.1. The average Bonchev–Trinajstić information content (AvgIpc) is 3.61. The molecular weight excluding hydrogens is 522 g/mol. The minimum Gasteiger partial charge on any atom is -0.465 e. The quantitative estimate of drug-likeness (QED) is 0.253. The van der Waals surface area contributed by atoms with Gasteiger partial charge in [0, 0.05) is 48.5 Å². The van der Waals surface area contributed by atoms with Gasteiger partial charge in [-0.25, -0.2) is 4.79 Å². The normalized spacial score (nSPS) is 15.4. The number of benzene rings is 3. The van der Waals surface area contributed by atoms with Crippen molar-refractivity contribution >= 4 is 46.1 Å². The summed E-state index contributed by atoms with van der Waals surface area (Å²) in [5.74, 6) is -0.870. The van der Waals surface area contributed by atoms with Crippen molar-refractivity contribution in [2.45, 2.75) is 31.8 Å². The molecular formula is C31H31N5O5. The van der Waals surface area contributed by atoms with Crippen LogP contribution < -0.4 is 10.6 Å². The van der Waals surface area contributed by atoms with Gasteiger partial charge in [0.1, 0.15) is 12.1 Å². The molecule has 10 heteroatoms. The second-order valence-corrected chi connectivity index (χ2v) is 10.1. The van der Waals surface area contributed by atoms with Crippen LogP contribution in [-0.2, 0) is 14.4 Å². The first-order valence-corrected chi connectivity index (χ1v) is 13.3. The Bertz CT molecular complexity index is 1600. The molecule has 3 aromatic carbocycles. The third-order valence-electron chi connectivity index (χ3n) is 7.28. The lowest BCUT2D eigenvalue weighted by Crippen LogP contribution is -2.48. The van der Waals surface area contributed by atoms with Crippen molar-refractivity contribution in [1.29, 1.82) is 0 Å². The Kier molecular flexibility index (Phi) is 7.73. The van der Waals surface area contributed by atoms with Crippen molar-refractivity contribution < 1.29 is 24.3 Å². The van der Waals surface area contributed by atoms with E-state index < -0.39 is 24.1 Å². The van der Waals surface area contributed by atoms with Gasteiger partial charge < -0.3 is 25.6 Å². The van der Waals surface area contributed by atoms with E-state index in [2.05, 4.69) is 15.6 Å². The number of likely N-dealkylation sites (tertiary alicyclic amines) is 1. The maximum atomic E-state index is 13.7. The number of hydrogen-bond donors (Lipinski definition) is 4. The zero-order chi connectivity index (χ0) is 29.1.